The van der Waals surface area contributed by atoms with Crippen molar-refractivity contribution in [3.8, 4) is 12.1 Å². The number of amides is 2. The molecular formula is C51H50Cl4N6O7S2. The number of fused-ring (bicyclic) bond motifs is 6. The molecule has 0 radical (unpaired) electrons. The van der Waals surface area contributed by atoms with Gasteiger partial charge in [0.1, 0.15) is 18.4 Å². The summed E-state index contributed by atoms with van der Waals surface area (Å²) in [5.74, 6) is 3.93. The van der Waals surface area contributed by atoms with Gasteiger partial charge >= 0.3 is 0 Å². The molecule has 0 spiro atoms. The van der Waals surface area contributed by atoms with Gasteiger partial charge in [-0.05, 0) is 75.5 Å². The number of hydrogen-bond donors (Lipinski definition) is 2. The molecule has 0 unspecified atom stereocenters. The number of nitrogens with one attached hydrogen (secondary N) is 1. The third-order valence-electron chi connectivity index (χ3n) is 11.6. The zero-order valence-corrected chi connectivity index (χ0v) is 42.0. The molecule has 19 heteroatoms. The second-order valence-corrected chi connectivity index (χ2v) is 20.4. The van der Waals surface area contributed by atoms with E-state index in [1.54, 1.807) is 59.4 Å². The molecule has 2 aliphatic heterocycles. The first-order valence-corrected chi connectivity index (χ1v) is 25.5. The second-order valence-electron chi connectivity index (χ2n) is 15.8. The first kappa shape index (κ1) is 55.7. The smallest absolute Gasteiger partial charge is 0.255 e. The summed E-state index contributed by atoms with van der Waals surface area (Å²) >= 11 is 24.6. The number of rotatable bonds is 12. The van der Waals surface area contributed by atoms with E-state index in [1.165, 1.54) is 7.11 Å². The third kappa shape index (κ3) is 12.8. The predicted octanol–water partition coefficient (Wildman–Crippen LogP) is 10.0. The van der Waals surface area contributed by atoms with Crippen LogP contribution < -0.4 is 11.4 Å². The summed E-state index contributed by atoms with van der Waals surface area (Å²) < 4.78 is 26.3. The number of nitriles is 2. The average molecular weight is 1060 g/mol. The van der Waals surface area contributed by atoms with Gasteiger partial charge in [0.05, 0.1) is 88.0 Å². The fraction of sp³-hybridized carbons (Fsp3) is 0.275. The van der Waals surface area contributed by atoms with E-state index in [-0.39, 0.29) is 73.2 Å². The number of hydroxylamine groups is 1. The Morgan fingerprint density at radius 1 is 0.700 bits per heavy atom. The summed E-state index contributed by atoms with van der Waals surface area (Å²) in [6.07, 6.45) is 1.67. The highest BCUT2D eigenvalue weighted by Crippen LogP contribution is 2.36. The first-order chi connectivity index (χ1) is 33.3. The van der Waals surface area contributed by atoms with Crippen molar-refractivity contribution in [1.82, 2.24) is 15.3 Å². The Bertz CT molecular complexity index is 3040. The maximum absolute atomic E-state index is 13.9. The Hall–Kier alpha value is -5.27. The van der Waals surface area contributed by atoms with Crippen molar-refractivity contribution in [2.75, 3.05) is 58.4 Å². The Morgan fingerprint density at radius 2 is 1.13 bits per heavy atom. The van der Waals surface area contributed by atoms with Crippen molar-refractivity contribution >= 4 is 108 Å². The quantitative estimate of drug-likeness (QED) is 0.0672. The number of nitrogens with two attached hydrogens (primary N) is 1. The molecule has 13 nitrogen and oxygen atoms in total. The molecule has 8 rings (SSSR count). The SMILES string of the molecule is C.CON.CONCC[C@H](CN1CC[S@](=O)c2c(C#N)cc3ccccc3c2C1=O)c1ccc(Cl)c(Cl)c1.N#Cc1cc2ccccc2c2c1[S@@](=O)CCN(C[C@@H](CC=O)c1ccc(Cl)c(Cl)c1)C2=O. The second kappa shape index (κ2) is 26.3. The number of carbonyl (C=O) groups is 3. The lowest BCUT2D eigenvalue weighted by atomic mass is 9.94. The summed E-state index contributed by atoms with van der Waals surface area (Å²) in [5, 5.41) is 23.9. The molecule has 70 heavy (non-hydrogen) atoms. The summed E-state index contributed by atoms with van der Waals surface area (Å²) in [7, 11) is -0.0194. The Morgan fingerprint density at radius 3 is 1.54 bits per heavy atom. The Kier molecular flexibility index (Phi) is 20.9. The van der Waals surface area contributed by atoms with Crippen LogP contribution in [0.1, 0.15) is 75.1 Å². The van der Waals surface area contributed by atoms with Crippen LogP contribution in [0.2, 0.25) is 20.1 Å². The number of nitrogens with zero attached hydrogens (tertiary/aromatic N) is 4. The molecule has 0 aromatic heterocycles. The largest absolute Gasteiger partial charge is 0.337 e. The topological polar surface area (TPSA) is 196 Å². The minimum Gasteiger partial charge on any atom is -0.337 e. The first-order valence-electron chi connectivity index (χ1n) is 21.4. The van der Waals surface area contributed by atoms with Crippen LogP contribution in [-0.4, -0.2) is 94.8 Å². The lowest BCUT2D eigenvalue weighted by Gasteiger charge is -2.27. The Balaban J connectivity index is 0.000000244. The van der Waals surface area contributed by atoms with Gasteiger partial charge in [-0.2, -0.15) is 10.5 Å². The average Bonchev–Trinajstić information content (AvgIpc) is 3.56. The molecule has 2 aliphatic rings. The lowest BCUT2D eigenvalue weighted by molar-refractivity contribution is -0.108. The van der Waals surface area contributed by atoms with Crippen LogP contribution in [0.4, 0.5) is 0 Å². The molecule has 6 aromatic rings. The van der Waals surface area contributed by atoms with Gasteiger partial charge in [-0.25, -0.2) is 11.4 Å². The zero-order chi connectivity index (χ0) is 49.8. The molecule has 4 atom stereocenters. The molecule has 0 saturated carbocycles. The van der Waals surface area contributed by atoms with E-state index in [0.717, 1.165) is 28.2 Å². The number of benzene rings is 6. The van der Waals surface area contributed by atoms with Gasteiger partial charge in [0.25, 0.3) is 11.8 Å². The highest BCUT2D eigenvalue weighted by Gasteiger charge is 2.34. The van der Waals surface area contributed by atoms with Crippen LogP contribution in [0.3, 0.4) is 0 Å². The van der Waals surface area contributed by atoms with Crippen molar-refractivity contribution in [2.24, 2.45) is 5.90 Å². The summed E-state index contributed by atoms with van der Waals surface area (Å²) in [6, 6.07) is 32.9. The number of hydrogen-bond acceptors (Lipinski definition) is 11. The van der Waals surface area contributed by atoms with Gasteiger partial charge in [0, 0.05) is 62.5 Å². The lowest BCUT2D eigenvalue weighted by Crippen LogP contribution is -2.36. The standard InChI is InChI=1S/C25H23Cl2N3O3S.C24H18Cl2N2O3S.CH5NO.CH4/c1-33-29-9-8-18(16-6-7-21(26)22(27)13-16)15-30-10-11-34(32)24-19(14-28)12-17-4-2-3-5-20(17)23(24)25(30)31;25-20-6-5-15(12-21(20)26)17(7-9-29)14-28-8-10-32(31)23-18(13-27)11-16-3-1-2-4-19(16)22(23)24(28)30;1-3-2;/h2-7,12-13,18,29H,8-11,15H2,1H3;1-6,9,11-12,17H,7-8,10,14H2;2H2,1H3;1H4/t18-,34+;17-,32+;;/m11../s1. The van der Waals surface area contributed by atoms with Gasteiger partial charge in [-0.1, -0.05) is 114 Å². The molecule has 3 N–H and O–H groups in total. The molecular weight excluding hydrogens is 1010 g/mol. The van der Waals surface area contributed by atoms with E-state index in [9.17, 15) is 33.3 Å². The van der Waals surface area contributed by atoms with Gasteiger partial charge in [-0.3, -0.25) is 18.0 Å². The molecule has 0 saturated heterocycles. The molecule has 2 amide bonds. The summed E-state index contributed by atoms with van der Waals surface area (Å²) in [5.41, 5.74) is 5.78. The van der Waals surface area contributed by atoms with Gasteiger partial charge in [0.2, 0.25) is 0 Å². The Labute approximate surface area is 432 Å². The maximum atomic E-state index is 13.9. The summed E-state index contributed by atoms with van der Waals surface area (Å²) in [4.78, 5) is 51.7. The minimum absolute atomic E-state index is 0. The van der Waals surface area contributed by atoms with Crippen LogP contribution in [0.5, 0.6) is 0 Å². The number of aldehydes is 1. The van der Waals surface area contributed by atoms with Gasteiger partial charge < -0.3 is 24.3 Å². The fourth-order valence-corrected chi connectivity index (χ4v) is 11.7. The van der Waals surface area contributed by atoms with E-state index in [2.05, 4.69) is 28.4 Å². The summed E-state index contributed by atoms with van der Waals surface area (Å²) in [6.45, 7) is 1.76. The van der Waals surface area contributed by atoms with Crippen molar-refractivity contribution in [3.63, 3.8) is 0 Å². The van der Waals surface area contributed by atoms with Crippen LogP contribution in [-0.2, 0) is 36.1 Å². The van der Waals surface area contributed by atoms with E-state index >= 15 is 0 Å². The zero-order valence-electron chi connectivity index (χ0n) is 37.4. The predicted molar refractivity (Wildman–Crippen MR) is 278 cm³/mol. The monoisotopic (exact) mass is 1060 g/mol. The minimum atomic E-state index is -1.50. The van der Waals surface area contributed by atoms with Crippen molar-refractivity contribution in [2.45, 2.75) is 41.9 Å². The van der Waals surface area contributed by atoms with Gasteiger partial charge in [-0.15, -0.1) is 0 Å². The van der Waals surface area contributed by atoms with E-state index in [0.29, 0.717) is 77.8 Å². The van der Waals surface area contributed by atoms with Crippen molar-refractivity contribution in [1.29, 1.82) is 10.5 Å². The number of carbonyl (C=O) groups excluding carboxylic acids is 3. The van der Waals surface area contributed by atoms with Crippen molar-refractivity contribution < 1.29 is 32.5 Å². The van der Waals surface area contributed by atoms with E-state index in [1.807, 2.05) is 54.6 Å². The molecule has 6 aromatic carbocycles. The molecule has 2 heterocycles. The van der Waals surface area contributed by atoms with Crippen LogP contribution >= 0.6 is 46.4 Å². The highest BCUT2D eigenvalue weighted by molar-refractivity contribution is 7.85. The molecule has 0 aliphatic carbocycles. The third-order valence-corrected chi connectivity index (χ3v) is 16.0. The number of halogens is 4. The molecule has 0 bridgehead atoms. The normalized spacial score (nSPS) is 16.1. The van der Waals surface area contributed by atoms with Crippen LogP contribution in [0.25, 0.3) is 21.5 Å². The van der Waals surface area contributed by atoms with Crippen LogP contribution in [0, 0.1) is 22.7 Å². The van der Waals surface area contributed by atoms with E-state index < -0.39 is 21.6 Å². The molecule has 0 fully saturated rings. The van der Waals surface area contributed by atoms with Crippen LogP contribution in [0.15, 0.2) is 107 Å². The molecule has 366 valence electrons. The fourth-order valence-electron chi connectivity index (χ4n) is 8.37. The van der Waals surface area contributed by atoms with Gasteiger partial charge in [0.15, 0.2) is 0 Å². The highest BCUT2D eigenvalue weighted by atomic mass is 35.5. The van der Waals surface area contributed by atoms with E-state index in [4.69, 9.17) is 51.2 Å². The maximum Gasteiger partial charge on any atom is 0.255 e. The van der Waals surface area contributed by atoms with Crippen molar-refractivity contribution in [3.05, 3.63) is 151 Å².